The molecule has 1 atom stereocenters. The van der Waals surface area contributed by atoms with Gasteiger partial charge in [0.2, 0.25) is 0 Å². The fraction of sp³-hybridized carbons (Fsp3) is 0.455. The van der Waals surface area contributed by atoms with Gasteiger partial charge < -0.3 is 4.74 Å². The van der Waals surface area contributed by atoms with Crippen molar-refractivity contribution < 1.29 is 9.53 Å². The second-order valence-electron chi connectivity index (χ2n) is 4.28. The average Bonchev–Trinajstić information content (AvgIpc) is 2.78. The van der Waals surface area contributed by atoms with Crippen LogP contribution in [0.2, 0.25) is 5.15 Å². The van der Waals surface area contributed by atoms with Gasteiger partial charge in [-0.1, -0.05) is 17.7 Å². The van der Waals surface area contributed by atoms with Crippen LogP contribution in [0.3, 0.4) is 0 Å². The number of hydrogen-bond donors (Lipinski definition) is 0. The van der Waals surface area contributed by atoms with Crippen molar-refractivity contribution >= 4 is 40.8 Å². The van der Waals surface area contributed by atoms with Gasteiger partial charge in [0, 0.05) is 18.2 Å². The smallest absolute Gasteiger partial charge is 0.315 e. The summed E-state index contributed by atoms with van der Waals surface area (Å²) < 4.78 is 4.14. The van der Waals surface area contributed by atoms with Crippen molar-refractivity contribution in [3.63, 3.8) is 0 Å². The molecule has 1 aromatic heterocycles. The predicted molar refractivity (Wildman–Crippen MR) is 66.2 cm³/mol. The Bertz CT molecular complexity index is 447. The van der Waals surface area contributed by atoms with Crippen LogP contribution >= 0.6 is 34.8 Å². The highest BCUT2D eigenvalue weighted by molar-refractivity contribution is 6.53. The molecule has 1 aliphatic rings. The molecule has 1 unspecified atom stereocenters. The van der Waals surface area contributed by atoms with Crippen LogP contribution in [0.5, 0.6) is 0 Å². The van der Waals surface area contributed by atoms with Gasteiger partial charge in [0.15, 0.2) is 0 Å². The van der Waals surface area contributed by atoms with E-state index in [2.05, 4.69) is 4.98 Å². The normalized spacial score (nSPS) is 25.4. The second kappa shape index (κ2) is 4.30. The Hall–Kier alpha value is -0.510. The summed E-state index contributed by atoms with van der Waals surface area (Å²) in [6.45, 7) is 1.83. The van der Waals surface area contributed by atoms with Crippen LogP contribution in [0.1, 0.15) is 18.9 Å². The maximum Gasteiger partial charge on any atom is 0.315 e. The minimum atomic E-state index is -0.998. The zero-order chi connectivity index (χ0) is 12.7. The Morgan fingerprint density at radius 2 is 2.18 bits per heavy atom. The molecule has 92 valence electrons. The molecular formula is C11H10Cl3NO2. The Morgan fingerprint density at radius 1 is 1.53 bits per heavy atom. The van der Waals surface area contributed by atoms with E-state index in [9.17, 15) is 4.79 Å². The summed E-state index contributed by atoms with van der Waals surface area (Å²) >= 11 is 17.4. The molecule has 1 heterocycles. The van der Waals surface area contributed by atoms with E-state index in [1.165, 1.54) is 0 Å². The SMILES string of the molecule is CC1(C(=O)OCc2ccc(Cl)nc2)CC1(Cl)Cl. The van der Waals surface area contributed by atoms with E-state index in [4.69, 9.17) is 39.5 Å². The van der Waals surface area contributed by atoms with Crippen LogP contribution in [-0.4, -0.2) is 15.3 Å². The third kappa shape index (κ3) is 2.51. The van der Waals surface area contributed by atoms with Crippen LogP contribution in [0.4, 0.5) is 0 Å². The predicted octanol–water partition coefficient (Wildman–Crippen LogP) is 3.36. The average molecular weight is 295 g/mol. The highest BCUT2D eigenvalue weighted by Crippen LogP contribution is 2.64. The molecule has 0 spiro atoms. The van der Waals surface area contributed by atoms with Gasteiger partial charge in [-0.25, -0.2) is 4.98 Å². The molecule has 0 saturated heterocycles. The Kier molecular flexibility index (Phi) is 3.27. The molecule has 1 saturated carbocycles. The van der Waals surface area contributed by atoms with E-state index in [1.807, 2.05) is 0 Å². The fourth-order valence-electron chi connectivity index (χ4n) is 1.42. The number of carbonyl (C=O) groups is 1. The van der Waals surface area contributed by atoms with E-state index >= 15 is 0 Å². The van der Waals surface area contributed by atoms with Gasteiger partial charge in [-0.2, -0.15) is 0 Å². The number of halogens is 3. The zero-order valence-electron chi connectivity index (χ0n) is 9.04. The maximum atomic E-state index is 11.7. The molecule has 0 radical (unpaired) electrons. The van der Waals surface area contributed by atoms with Gasteiger partial charge in [-0.3, -0.25) is 4.79 Å². The zero-order valence-corrected chi connectivity index (χ0v) is 11.3. The number of carbonyl (C=O) groups excluding carboxylic acids is 1. The summed E-state index contributed by atoms with van der Waals surface area (Å²) in [5.41, 5.74) is -0.0302. The maximum absolute atomic E-state index is 11.7. The Balaban J connectivity index is 1.91. The summed E-state index contributed by atoms with van der Waals surface area (Å²) in [6.07, 6.45) is 1.97. The van der Waals surface area contributed by atoms with Crippen molar-refractivity contribution in [2.24, 2.45) is 5.41 Å². The minimum absolute atomic E-state index is 0.141. The number of nitrogens with zero attached hydrogens (tertiary/aromatic N) is 1. The van der Waals surface area contributed by atoms with Crippen molar-refractivity contribution in [2.75, 3.05) is 0 Å². The summed E-state index contributed by atoms with van der Waals surface area (Å²) in [5.74, 6) is -0.391. The summed E-state index contributed by atoms with van der Waals surface area (Å²) in [6, 6.07) is 3.38. The highest BCUT2D eigenvalue weighted by Gasteiger charge is 2.69. The quantitative estimate of drug-likeness (QED) is 0.487. The van der Waals surface area contributed by atoms with Crippen LogP contribution in [0.25, 0.3) is 0 Å². The lowest BCUT2D eigenvalue weighted by atomic mass is 10.1. The van der Waals surface area contributed by atoms with E-state index < -0.39 is 15.7 Å². The Morgan fingerprint density at radius 3 is 2.65 bits per heavy atom. The molecule has 1 fully saturated rings. The number of esters is 1. The van der Waals surface area contributed by atoms with E-state index in [-0.39, 0.29) is 6.61 Å². The molecule has 1 aromatic rings. The molecule has 2 rings (SSSR count). The molecule has 0 bridgehead atoms. The lowest BCUT2D eigenvalue weighted by molar-refractivity contribution is -0.150. The molecule has 6 heteroatoms. The van der Waals surface area contributed by atoms with Gasteiger partial charge in [-0.15, -0.1) is 23.2 Å². The molecule has 0 N–H and O–H groups in total. The van der Waals surface area contributed by atoms with Crippen LogP contribution in [0.15, 0.2) is 18.3 Å². The molecule has 0 aliphatic heterocycles. The molecule has 1 aliphatic carbocycles. The molecule has 0 aromatic carbocycles. The van der Waals surface area contributed by atoms with Gasteiger partial charge in [0.05, 0.1) is 0 Å². The third-order valence-corrected chi connectivity index (χ3v) is 4.19. The van der Waals surface area contributed by atoms with Crippen molar-refractivity contribution in [1.29, 1.82) is 0 Å². The summed E-state index contributed by atoms with van der Waals surface area (Å²) in [7, 11) is 0. The van der Waals surface area contributed by atoms with Crippen LogP contribution in [0, 0.1) is 5.41 Å². The topological polar surface area (TPSA) is 39.2 Å². The van der Waals surface area contributed by atoms with Gasteiger partial charge in [0.1, 0.15) is 21.5 Å². The first-order chi connectivity index (χ1) is 7.85. The van der Waals surface area contributed by atoms with Crippen LogP contribution in [-0.2, 0) is 16.1 Å². The van der Waals surface area contributed by atoms with Gasteiger partial charge >= 0.3 is 5.97 Å². The largest absolute Gasteiger partial charge is 0.460 e. The number of hydrogen-bond acceptors (Lipinski definition) is 3. The standard InChI is InChI=1S/C11H10Cl3NO2/c1-10(6-11(10,13)14)9(16)17-5-7-2-3-8(12)15-4-7/h2-4H,5-6H2,1H3. The third-order valence-electron chi connectivity index (χ3n) is 2.87. The lowest BCUT2D eigenvalue weighted by Crippen LogP contribution is -2.21. The summed E-state index contributed by atoms with van der Waals surface area (Å²) in [4.78, 5) is 15.6. The molecule has 0 amide bonds. The van der Waals surface area contributed by atoms with Gasteiger partial charge in [-0.05, 0) is 13.0 Å². The van der Waals surface area contributed by atoms with Crippen LogP contribution < -0.4 is 0 Å². The number of ether oxygens (including phenoxy) is 1. The lowest BCUT2D eigenvalue weighted by Gasteiger charge is -2.11. The number of pyridine rings is 1. The summed E-state index contributed by atoms with van der Waals surface area (Å²) in [5, 5.41) is 0.398. The fourth-order valence-corrected chi connectivity index (χ4v) is 2.22. The van der Waals surface area contributed by atoms with Crippen molar-refractivity contribution in [1.82, 2.24) is 4.98 Å². The van der Waals surface area contributed by atoms with E-state index in [0.29, 0.717) is 11.6 Å². The minimum Gasteiger partial charge on any atom is -0.460 e. The van der Waals surface area contributed by atoms with Gasteiger partial charge in [0.25, 0.3) is 0 Å². The van der Waals surface area contributed by atoms with Crippen molar-refractivity contribution in [3.05, 3.63) is 29.0 Å². The number of aromatic nitrogens is 1. The second-order valence-corrected chi connectivity index (χ2v) is 6.15. The van der Waals surface area contributed by atoms with Crippen molar-refractivity contribution in [3.8, 4) is 0 Å². The first kappa shape index (κ1) is 12.9. The first-order valence-electron chi connectivity index (χ1n) is 5.01. The molecule has 17 heavy (non-hydrogen) atoms. The van der Waals surface area contributed by atoms with Crippen molar-refractivity contribution in [2.45, 2.75) is 24.3 Å². The molecular weight excluding hydrogens is 284 g/mol. The van der Waals surface area contributed by atoms with E-state index in [0.717, 1.165) is 5.56 Å². The molecule has 3 nitrogen and oxygen atoms in total. The number of alkyl halides is 2. The van der Waals surface area contributed by atoms with E-state index in [1.54, 1.807) is 25.3 Å². The Labute approximate surface area is 114 Å². The highest BCUT2D eigenvalue weighted by atomic mass is 35.5. The number of rotatable bonds is 3. The monoisotopic (exact) mass is 293 g/mol. The first-order valence-corrected chi connectivity index (χ1v) is 6.14.